The maximum absolute atomic E-state index is 12.3. The summed E-state index contributed by atoms with van der Waals surface area (Å²) < 4.78 is 12.0. The van der Waals surface area contributed by atoms with Crippen LogP contribution in [0.4, 0.5) is 38.7 Å². The number of nitrogens with two attached hydrogens (primary N) is 1. The van der Waals surface area contributed by atoms with E-state index in [0.717, 1.165) is 55.4 Å². The summed E-state index contributed by atoms with van der Waals surface area (Å²) in [5.41, 5.74) is 8.90. The van der Waals surface area contributed by atoms with E-state index in [1.165, 1.54) is 0 Å². The van der Waals surface area contributed by atoms with E-state index in [2.05, 4.69) is 30.2 Å². The molecule has 14 nitrogen and oxygen atoms in total. The number of benzene rings is 1. The number of hydrogen-bond donors (Lipinski definition) is 2. The summed E-state index contributed by atoms with van der Waals surface area (Å²) in [6, 6.07) is 11.8. The van der Waals surface area contributed by atoms with Crippen molar-refractivity contribution < 1.29 is 19.1 Å². The molecule has 2 saturated heterocycles. The Morgan fingerprint density at radius 2 is 1.56 bits per heavy atom. The summed E-state index contributed by atoms with van der Waals surface area (Å²) in [7, 11) is 0. The number of amides is 2. The highest BCUT2D eigenvalue weighted by molar-refractivity contribution is 5.69. The first-order valence-corrected chi connectivity index (χ1v) is 14.8. The molecule has 2 aromatic heterocycles. The predicted molar refractivity (Wildman–Crippen MR) is 164 cm³/mol. The van der Waals surface area contributed by atoms with Crippen LogP contribution >= 0.6 is 0 Å². The van der Waals surface area contributed by atoms with E-state index in [9.17, 15) is 9.59 Å². The Labute approximate surface area is 251 Å². The van der Waals surface area contributed by atoms with Gasteiger partial charge in [0.15, 0.2) is 0 Å². The highest BCUT2D eigenvalue weighted by atomic mass is 16.6. The molecular weight excluding hydrogens is 552 g/mol. The Bertz CT molecular complexity index is 1370. The first-order chi connectivity index (χ1) is 20.9. The summed E-state index contributed by atoms with van der Waals surface area (Å²) in [5, 5.41) is 7.82. The summed E-state index contributed by atoms with van der Waals surface area (Å²) in [6.45, 7) is 9.97. The van der Waals surface area contributed by atoms with Crippen molar-refractivity contribution in [2.75, 3.05) is 86.4 Å². The van der Waals surface area contributed by atoms with Crippen molar-refractivity contribution in [3.63, 3.8) is 0 Å². The first-order valence-electron chi connectivity index (χ1n) is 14.8. The average Bonchev–Trinajstić information content (AvgIpc) is 3.22. The van der Waals surface area contributed by atoms with Gasteiger partial charge in [-0.1, -0.05) is 6.92 Å². The SMILES string of the molecule is CCCOC(=O)N1CCCN(c2cc(-n3nc(Nc4ccc(N5CCN(C(=O)OCC)CC5)cc4)nc3N)ccn2)CC1. The van der Waals surface area contributed by atoms with Crippen LogP contribution in [0.5, 0.6) is 0 Å². The van der Waals surface area contributed by atoms with Crippen LogP contribution in [0.1, 0.15) is 26.7 Å². The Kier molecular flexibility index (Phi) is 9.64. The number of nitrogen functional groups attached to an aromatic ring is 1. The van der Waals surface area contributed by atoms with Crippen molar-refractivity contribution in [2.24, 2.45) is 0 Å². The lowest BCUT2D eigenvalue weighted by Gasteiger charge is -2.35. The van der Waals surface area contributed by atoms with E-state index in [-0.39, 0.29) is 18.1 Å². The number of carbonyl (C=O) groups excluding carboxylic acids is 2. The van der Waals surface area contributed by atoms with Crippen LogP contribution in [0.15, 0.2) is 42.6 Å². The van der Waals surface area contributed by atoms with E-state index >= 15 is 0 Å². The van der Waals surface area contributed by atoms with E-state index < -0.39 is 0 Å². The number of pyridine rings is 1. The number of ether oxygens (including phenoxy) is 2. The number of anilines is 5. The summed E-state index contributed by atoms with van der Waals surface area (Å²) >= 11 is 0. The van der Waals surface area contributed by atoms with Gasteiger partial charge in [-0.05, 0) is 50.1 Å². The molecule has 0 bridgehead atoms. The molecule has 3 N–H and O–H groups in total. The minimum absolute atomic E-state index is 0.247. The summed E-state index contributed by atoms with van der Waals surface area (Å²) in [6.07, 6.45) is 2.83. The van der Waals surface area contributed by atoms with E-state index in [0.29, 0.717) is 51.9 Å². The van der Waals surface area contributed by atoms with Crippen molar-refractivity contribution in [3.05, 3.63) is 42.6 Å². The van der Waals surface area contributed by atoms with Crippen molar-refractivity contribution in [3.8, 4) is 5.69 Å². The molecule has 43 heavy (non-hydrogen) atoms. The van der Waals surface area contributed by atoms with Crippen LogP contribution in [0.25, 0.3) is 5.69 Å². The number of hydrogen-bond acceptors (Lipinski definition) is 11. The van der Waals surface area contributed by atoms with Gasteiger partial charge in [-0.2, -0.15) is 9.67 Å². The molecule has 2 aliphatic heterocycles. The zero-order valence-corrected chi connectivity index (χ0v) is 24.8. The van der Waals surface area contributed by atoms with Gasteiger partial charge in [0.25, 0.3) is 0 Å². The Hall–Kier alpha value is -4.75. The zero-order chi connectivity index (χ0) is 30.2. The third-order valence-corrected chi connectivity index (χ3v) is 7.41. The van der Waals surface area contributed by atoms with Crippen molar-refractivity contribution in [1.29, 1.82) is 0 Å². The fourth-order valence-electron chi connectivity index (χ4n) is 5.14. The Morgan fingerprint density at radius 3 is 2.28 bits per heavy atom. The molecule has 14 heteroatoms. The lowest BCUT2D eigenvalue weighted by molar-refractivity contribution is 0.104. The molecule has 0 aliphatic carbocycles. The number of aromatic nitrogens is 4. The zero-order valence-electron chi connectivity index (χ0n) is 24.8. The second-order valence-electron chi connectivity index (χ2n) is 10.4. The highest BCUT2D eigenvalue weighted by Gasteiger charge is 2.23. The van der Waals surface area contributed by atoms with Gasteiger partial charge >= 0.3 is 12.2 Å². The smallest absolute Gasteiger partial charge is 0.409 e. The molecule has 4 heterocycles. The van der Waals surface area contributed by atoms with Gasteiger partial charge in [0.05, 0.1) is 18.9 Å². The largest absolute Gasteiger partial charge is 0.450 e. The van der Waals surface area contributed by atoms with Gasteiger partial charge < -0.3 is 40.1 Å². The minimum Gasteiger partial charge on any atom is -0.450 e. The average molecular weight is 593 g/mol. The molecule has 1 aromatic carbocycles. The first kappa shape index (κ1) is 29.7. The van der Waals surface area contributed by atoms with E-state index in [1.807, 2.05) is 50.2 Å². The fraction of sp³-hybridized carbons (Fsp3) is 0.483. The molecule has 0 atom stereocenters. The van der Waals surface area contributed by atoms with E-state index in [1.54, 1.807) is 20.7 Å². The predicted octanol–water partition coefficient (Wildman–Crippen LogP) is 3.33. The number of nitrogens with one attached hydrogen (secondary N) is 1. The van der Waals surface area contributed by atoms with Crippen LogP contribution in [0.2, 0.25) is 0 Å². The third-order valence-electron chi connectivity index (χ3n) is 7.41. The van der Waals surface area contributed by atoms with Gasteiger partial charge in [-0.25, -0.2) is 14.6 Å². The number of rotatable bonds is 8. The molecule has 2 aliphatic rings. The second-order valence-corrected chi connectivity index (χ2v) is 10.4. The molecule has 2 amide bonds. The van der Waals surface area contributed by atoms with Crippen LogP contribution in [0, 0.1) is 0 Å². The molecule has 3 aromatic rings. The lowest BCUT2D eigenvalue weighted by atomic mass is 10.2. The molecule has 230 valence electrons. The molecule has 0 unspecified atom stereocenters. The topological polar surface area (TPSA) is 147 Å². The summed E-state index contributed by atoms with van der Waals surface area (Å²) in [5.74, 6) is 1.41. The van der Waals surface area contributed by atoms with Crippen molar-refractivity contribution in [2.45, 2.75) is 26.7 Å². The van der Waals surface area contributed by atoms with Crippen LogP contribution in [-0.4, -0.2) is 107 Å². The number of piperazine rings is 1. The van der Waals surface area contributed by atoms with Gasteiger partial charge in [0.2, 0.25) is 11.9 Å². The summed E-state index contributed by atoms with van der Waals surface area (Å²) in [4.78, 5) is 41.2. The van der Waals surface area contributed by atoms with Crippen LogP contribution < -0.4 is 20.9 Å². The van der Waals surface area contributed by atoms with E-state index in [4.69, 9.17) is 15.2 Å². The van der Waals surface area contributed by atoms with Gasteiger partial charge in [0, 0.05) is 76.0 Å². The molecule has 5 rings (SSSR count). The normalized spacial score (nSPS) is 15.7. The Morgan fingerprint density at radius 1 is 0.860 bits per heavy atom. The molecule has 2 fully saturated rings. The van der Waals surface area contributed by atoms with Gasteiger partial charge in [-0.15, -0.1) is 5.10 Å². The number of carbonyl (C=O) groups is 2. The molecular formula is C29H40N10O4. The highest BCUT2D eigenvalue weighted by Crippen LogP contribution is 2.24. The molecule has 0 saturated carbocycles. The quantitative estimate of drug-likeness (QED) is 0.397. The van der Waals surface area contributed by atoms with Gasteiger partial charge in [0.1, 0.15) is 5.82 Å². The number of nitrogens with zero attached hydrogens (tertiary/aromatic N) is 8. The second kappa shape index (κ2) is 13.9. The fourth-order valence-corrected chi connectivity index (χ4v) is 5.14. The Balaban J connectivity index is 1.19. The maximum Gasteiger partial charge on any atom is 0.409 e. The molecule has 0 radical (unpaired) electrons. The maximum atomic E-state index is 12.3. The van der Waals surface area contributed by atoms with Crippen LogP contribution in [-0.2, 0) is 9.47 Å². The minimum atomic E-state index is -0.260. The monoisotopic (exact) mass is 592 g/mol. The lowest BCUT2D eigenvalue weighted by Crippen LogP contribution is -2.49. The molecule has 0 spiro atoms. The van der Waals surface area contributed by atoms with Crippen molar-refractivity contribution in [1.82, 2.24) is 29.5 Å². The van der Waals surface area contributed by atoms with Crippen LogP contribution in [0.3, 0.4) is 0 Å². The van der Waals surface area contributed by atoms with Gasteiger partial charge in [-0.3, -0.25) is 0 Å². The third kappa shape index (κ3) is 7.37. The van der Waals surface area contributed by atoms with Crippen molar-refractivity contribution >= 4 is 41.3 Å². The standard InChI is InChI=1S/C29H40N10O4/c1-3-20-43-29(41)37-13-5-12-36(16-19-37)25-21-24(10-11-31-25)39-26(30)33-27(34-39)32-22-6-8-23(9-7-22)35-14-17-38(18-15-35)28(40)42-4-2/h6-11,21H,3-5,12-20H2,1-2H3,(H3,30,32,33,34).